The first kappa shape index (κ1) is 10.4. The number of aldehydes is 1. The number of rotatable bonds is 6. The van der Waals surface area contributed by atoms with Crippen LogP contribution in [-0.2, 0) is 4.79 Å². The third-order valence-electron chi connectivity index (χ3n) is 2.60. The summed E-state index contributed by atoms with van der Waals surface area (Å²) in [6, 6.07) is 0. The van der Waals surface area contributed by atoms with Crippen molar-refractivity contribution < 1.29 is 4.79 Å². The highest BCUT2D eigenvalue weighted by atomic mass is 16.1. The highest BCUT2D eigenvalue weighted by Gasteiger charge is 2.20. The van der Waals surface area contributed by atoms with E-state index in [0.717, 1.165) is 25.5 Å². The van der Waals surface area contributed by atoms with Crippen molar-refractivity contribution in [1.82, 2.24) is 0 Å². The Kier molecular flexibility index (Phi) is 4.84. The summed E-state index contributed by atoms with van der Waals surface area (Å²) in [5.74, 6) is 0. The summed E-state index contributed by atoms with van der Waals surface area (Å²) in [4.78, 5) is 10.2. The topological polar surface area (TPSA) is 17.1 Å². The second-order valence-electron chi connectivity index (χ2n) is 2.98. The van der Waals surface area contributed by atoms with E-state index in [9.17, 15) is 4.79 Å². The molecule has 0 spiro atoms. The molecule has 0 aromatic heterocycles. The molecule has 0 rings (SSSR count). The number of carbonyl (C=O) groups is 1. The SMILES string of the molecule is C=CC(CC)(CC)CCC=O. The summed E-state index contributed by atoms with van der Waals surface area (Å²) in [5.41, 5.74) is 0.209. The molecule has 0 aliphatic carbocycles. The zero-order valence-electron chi connectivity index (χ0n) is 7.60. The van der Waals surface area contributed by atoms with E-state index in [1.54, 1.807) is 0 Å². The lowest BCUT2D eigenvalue weighted by Crippen LogP contribution is -2.15. The molecule has 64 valence electrons. The maximum Gasteiger partial charge on any atom is 0.120 e. The Balaban J connectivity index is 4.04. The predicted molar refractivity (Wildman–Crippen MR) is 48.5 cm³/mol. The Morgan fingerprint density at radius 3 is 2.18 bits per heavy atom. The maximum atomic E-state index is 10.2. The van der Waals surface area contributed by atoms with Crippen LogP contribution in [0.4, 0.5) is 0 Å². The van der Waals surface area contributed by atoms with Crippen molar-refractivity contribution in [2.75, 3.05) is 0 Å². The van der Waals surface area contributed by atoms with Gasteiger partial charge in [0.15, 0.2) is 0 Å². The molecule has 1 heteroatoms. The molecule has 0 aliphatic rings. The van der Waals surface area contributed by atoms with Gasteiger partial charge in [0, 0.05) is 6.42 Å². The van der Waals surface area contributed by atoms with Gasteiger partial charge in [-0.25, -0.2) is 0 Å². The Labute approximate surface area is 69.5 Å². The van der Waals surface area contributed by atoms with Gasteiger partial charge in [-0.15, -0.1) is 6.58 Å². The van der Waals surface area contributed by atoms with Gasteiger partial charge in [0.1, 0.15) is 6.29 Å². The Hall–Kier alpha value is -0.590. The number of hydrogen-bond acceptors (Lipinski definition) is 1. The summed E-state index contributed by atoms with van der Waals surface area (Å²) in [6.07, 6.45) is 6.77. The summed E-state index contributed by atoms with van der Waals surface area (Å²) in [5, 5.41) is 0. The third kappa shape index (κ3) is 2.87. The Morgan fingerprint density at radius 1 is 1.36 bits per heavy atom. The van der Waals surface area contributed by atoms with E-state index in [4.69, 9.17) is 0 Å². The van der Waals surface area contributed by atoms with E-state index >= 15 is 0 Å². The van der Waals surface area contributed by atoms with E-state index in [0.29, 0.717) is 6.42 Å². The van der Waals surface area contributed by atoms with Gasteiger partial charge >= 0.3 is 0 Å². The third-order valence-corrected chi connectivity index (χ3v) is 2.60. The van der Waals surface area contributed by atoms with E-state index < -0.39 is 0 Å². The smallest absolute Gasteiger partial charge is 0.120 e. The zero-order chi connectivity index (χ0) is 8.74. The van der Waals surface area contributed by atoms with E-state index in [2.05, 4.69) is 20.4 Å². The Bertz CT molecular complexity index is 123. The van der Waals surface area contributed by atoms with Crippen LogP contribution in [0.15, 0.2) is 12.7 Å². The van der Waals surface area contributed by atoms with Crippen LogP contribution in [0.1, 0.15) is 39.5 Å². The molecule has 0 aromatic rings. The summed E-state index contributed by atoms with van der Waals surface area (Å²) < 4.78 is 0. The molecule has 0 radical (unpaired) electrons. The van der Waals surface area contributed by atoms with Gasteiger partial charge in [-0.05, 0) is 24.7 Å². The van der Waals surface area contributed by atoms with Crippen LogP contribution in [0, 0.1) is 5.41 Å². The standard InChI is InChI=1S/C10H18O/c1-4-10(5-2,6-3)8-7-9-11/h4,9H,1,5-8H2,2-3H3. The van der Waals surface area contributed by atoms with Crippen molar-refractivity contribution in [1.29, 1.82) is 0 Å². The van der Waals surface area contributed by atoms with Gasteiger partial charge in [0.25, 0.3) is 0 Å². The monoisotopic (exact) mass is 154 g/mol. The first-order valence-electron chi connectivity index (χ1n) is 4.32. The molecule has 0 heterocycles. The van der Waals surface area contributed by atoms with Crippen LogP contribution in [0.2, 0.25) is 0 Å². The van der Waals surface area contributed by atoms with Crippen molar-refractivity contribution in [3.05, 3.63) is 12.7 Å². The van der Waals surface area contributed by atoms with Crippen LogP contribution < -0.4 is 0 Å². The van der Waals surface area contributed by atoms with Crippen molar-refractivity contribution >= 4 is 6.29 Å². The largest absolute Gasteiger partial charge is 0.303 e. The van der Waals surface area contributed by atoms with Gasteiger partial charge in [0.05, 0.1) is 0 Å². The fraction of sp³-hybridized carbons (Fsp3) is 0.700. The number of carbonyl (C=O) groups excluding carboxylic acids is 1. The number of hydrogen-bond donors (Lipinski definition) is 0. The fourth-order valence-corrected chi connectivity index (χ4v) is 1.34. The fourth-order valence-electron chi connectivity index (χ4n) is 1.34. The molecule has 0 atom stereocenters. The highest BCUT2D eigenvalue weighted by Crippen LogP contribution is 2.32. The molecule has 0 unspecified atom stereocenters. The van der Waals surface area contributed by atoms with Crippen LogP contribution >= 0.6 is 0 Å². The molecule has 1 nitrogen and oxygen atoms in total. The lowest BCUT2D eigenvalue weighted by molar-refractivity contribution is -0.108. The molecule has 0 aromatic carbocycles. The minimum atomic E-state index is 0.209. The molecule has 0 N–H and O–H groups in total. The summed E-state index contributed by atoms with van der Waals surface area (Å²) >= 11 is 0. The Morgan fingerprint density at radius 2 is 1.91 bits per heavy atom. The molecular formula is C10H18O. The molecule has 0 bridgehead atoms. The summed E-state index contributed by atoms with van der Waals surface area (Å²) in [6.45, 7) is 8.11. The second kappa shape index (κ2) is 5.11. The molecule has 0 saturated heterocycles. The van der Waals surface area contributed by atoms with Gasteiger partial charge in [-0.3, -0.25) is 0 Å². The lowest BCUT2D eigenvalue weighted by Gasteiger charge is -2.26. The maximum absolute atomic E-state index is 10.2. The molecule has 0 aliphatic heterocycles. The van der Waals surface area contributed by atoms with Crippen molar-refractivity contribution in [2.45, 2.75) is 39.5 Å². The average Bonchev–Trinajstić information content (AvgIpc) is 2.08. The van der Waals surface area contributed by atoms with Crippen molar-refractivity contribution in [2.24, 2.45) is 5.41 Å². The predicted octanol–water partition coefficient (Wildman–Crippen LogP) is 2.96. The molecular weight excluding hydrogens is 136 g/mol. The van der Waals surface area contributed by atoms with E-state index in [1.165, 1.54) is 0 Å². The van der Waals surface area contributed by atoms with Crippen molar-refractivity contribution in [3.8, 4) is 0 Å². The average molecular weight is 154 g/mol. The van der Waals surface area contributed by atoms with Crippen molar-refractivity contribution in [3.63, 3.8) is 0 Å². The van der Waals surface area contributed by atoms with Gasteiger partial charge < -0.3 is 4.79 Å². The summed E-state index contributed by atoms with van der Waals surface area (Å²) in [7, 11) is 0. The van der Waals surface area contributed by atoms with Gasteiger partial charge in [-0.2, -0.15) is 0 Å². The van der Waals surface area contributed by atoms with Gasteiger partial charge in [-0.1, -0.05) is 19.9 Å². The minimum Gasteiger partial charge on any atom is -0.303 e. The first-order valence-corrected chi connectivity index (χ1v) is 4.32. The van der Waals surface area contributed by atoms with Crippen LogP contribution in [0.25, 0.3) is 0 Å². The van der Waals surface area contributed by atoms with Crippen LogP contribution in [0.3, 0.4) is 0 Å². The van der Waals surface area contributed by atoms with Gasteiger partial charge in [0.2, 0.25) is 0 Å². The molecule has 11 heavy (non-hydrogen) atoms. The molecule has 0 saturated carbocycles. The second-order valence-corrected chi connectivity index (χ2v) is 2.98. The normalized spacial score (nSPS) is 11.1. The van der Waals surface area contributed by atoms with E-state index in [1.807, 2.05) is 6.08 Å². The zero-order valence-corrected chi connectivity index (χ0v) is 7.60. The van der Waals surface area contributed by atoms with E-state index in [-0.39, 0.29) is 5.41 Å². The lowest BCUT2D eigenvalue weighted by atomic mass is 9.79. The van der Waals surface area contributed by atoms with Crippen LogP contribution in [-0.4, -0.2) is 6.29 Å². The quantitative estimate of drug-likeness (QED) is 0.424. The number of allylic oxidation sites excluding steroid dienone is 1. The molecule has 0 amide bonds. The molecule has 0 fully saturated rings. The first-order chi connectivity index (χ1) is 5.24. The highest BCUT2D eigenvalue weighted by molar-refractivity contribution is 5.49. The van der Waals surface area contributed by atoms with Crippen LogP contribution in [0.5, 0.6) is 0 Å². The minimum absolute atomic E-state index is 0.209.